The topological polar surface area (TPSA) is 24.9 Å². The minimum absolute atomic E-state index is 0.255. The first kappa shape index (κ1) is 13.7. The summed E-state index contributed by atoms with van der Waals surface area (Å²) in [4.78, 5) is 4.37. The van der Waals surface area contributed by atoms with Crippen LogP contribution in [0.25, 0.3) is 11.3 Å². The Labute approximate surface area is 125 Å². The van der Waals surface area contributed by atoms with Crippen molar-refractivity contribution in [3.63, 3.8) is 0 Å². The highest BCUT2D eigenvalue weighted by Gasteiger charge is 2.08. The molecule has 0 aliphatic heterocycles. The van der Waals surface area contributed by atoms with E-state index in [4.69, 9.17) is 0 Å². The van der Waals surface area contributed by atoms with Crippen LogP contribution < -0.4 is 5.32 Å². The van der Waals surface area contributed by atoms with Gasteiger partial charge >= 0.3 is 0 Å². The maximum Gasteiger partial charge on any atom is 0.183 e. The van der Waals surface area contributed by atoms with E-state index in [2.05, 4.69) is 10.3 Å². The molecule has 0 amide bonds. The van der Waals surface area contributed by atoms with E-state index in [1.165, 1.54) is 29.5 Å². The van der Waals surface area contributed by atoms with Crippen LogP contribution >= 0.6 is 11.3 Å². The molecule has 1 N–H and O–H groups in total. The largest absolute Gasteiger partial charge is 0.357 e. The number of aromatic nitrogens is 1. The van der Waals surface area contributed by atoms with E-state index in [0.717, 1.165) is 5.56 Å². The van der Waals surface area contributed by atoms with Gasteiger partial charge in [0.05, 0.1) is 5.69 Å². The second kappa shape index (κ2) is 6.01. The van der Waals surface area contributed by atoms with Crippen LogP contribution in [0.15, 0.2) is 53.9 Å². The van der Waals surface area contributed by atoms with Crippen molar-refractivity contribution in [3.05, 3.63) is 71.1 Å². The molecule has 0 aliphatic rings. The first-order valence-corrected chi connectivity index (χ1v) is 7.29. The number of benzene rings is 2. The van der Waals surface area contributed by atoms with Gasteiger partial charge in [0.2, 0.25) is 0 Å². The van der Waals surface area contributed by atoms with Gasteiger partial charge in [-0.25, -0.2) is 13.8 Å². The number of anilines is 1. The summed E-state index contributed by atoms with van der Waals surface area (Å²) in [6.45, 7) is 0.546. The maximum atomic E-state index is 13.7. The third kappa shape index (κ3) is 3.25. The third-order valence-corrected chi connectivity index (χ3v) is 3.81. The van der Waals surface area contributed by atoms with Gasteiger partial charge in [-0.2, -0.15) is 0 Å². The Kier molecular flexibility index (Phi) is 3.92. The smallest absolute Gasteiger partial charge is 0.183 e. The van der Waals surface area contributed by atoms with Gasteiger partial charge in [0, 0.05) is 17.5 Å². The minimum atomic E-state index is -0.284. The third-order valence-electron chi connectivity index (χ3n) is 3.01. The van der Waals surface area contributed by atoms with Crippen LogP contribution in [0.3, 0.4) is 0 Å². The van der Waals surface area contributed by atoms with Crippen LogP contribution in [0, 0.1) is 11.6 Å². The highest BCUT2D eigenvalue weighted by atomic mass is 32.1. The lowest BCUT2D eigenvalue weighted by Crippen LogP contribution is -1.98. The molecule has 0 saturated heterocycles. The highest BCUT2D eigenvalue weighted by molar-refractivity contribution is 7.14. The summed E-state index contributed by atoms with van der Waals surface area (Å²) in [7, 11) is 0. The maximum absolute atomic E-state index is 13.7. The Bertz CT molecular complexity index is 738. The molecule has 0 saturated carbocycles. The number of nitrogens with zero attached hydrogens (tertiary/aromatic N) is 1. The zero-order valence-electron chi connectivity index (χ0n) is 11.0. The predicted octanol–water partition coefficient (Wildman–Crippen LogP) is 4.70. The summed E-state index contributed by atoms with van der Waals surface area (Å²) in [5, 5.41) is 5.67. The molecule has 0 fully saturated rings. The van der Waals surface area contributed by atoms with Gasteiger partial charge in [-0.05, 0) is 29.8 Å². The first-order valence-electron chi connectivity index (χ1n) is 6.41. The van der Waals surface area contributed by atoms with E-state index in [1.807, 2.05) is 5.38 Å². The highest BCUT2D eigenvalue weighted by Crippen LogP contribution is 2.27. The van der Waals surface area contributed by atoms with Crippen LogP contribution in [-0.2, 0) is 6.54 Å². The molecular weight excluding hydrogens is 290 g/mol. The number of halogens is 2. The molecule has 5 heteroatoms. The quantitative estimate of drug-likeness (QED) is 0.755. The average molecular weight is 302 g/mol. The summed E-state index contributed by atoms with van der Waals surface area (Å²) in [5.41, 5.74) is 2.06. The molecule has 0 atom stereocenters. The van der Waals surface area contributed by atoms with E-state index in [1.54, 1.807) is 30.3 Å². The summed E-state index contributed by atoms with van der Waals surface area (Å²) < 4.78 is 26.5. The molecule has 0 radical (unpaired) electrons. The van der Waals surface area contributed by atoms with Gasteiger partial charge in [-0.3, -0.25) is 0 Å². The van der Waals surface area contributed by atoms with Crippen molar-refractivity contribution in [2.24, 2.45) is 0 Å². The lowest BCUT2D eigenvalue weighted by molar-refractivity contribution is 0.627. The van der Waals surface area contributed by atoms with Crippen LogP contribution in [0.4, 0.5) is 13.9 Å². The Morgan fingerprint density at radius 3 is 2.52 bits per heavy atom. The second-order valence-electron chi connectivity index (χ2n) is 4.50. The molecule has 1 heterocycles. The SMILES string of the molecule is Fc1ccc(CNc2nc(-c3ccccc3F)cs2)cc1. The Morgan fingerprint density at radius 2 is 1.76 bits per heavy atom. The summed E-state index contributed by atoms with van der Waals surface area (Å²) in [6.07, 6.45) is 0. The van der Waals surface area contributed by atoms with Gasteiger partial charge < -0.3 is 5.32 Å². The van der Waals surface area contributed by atoms with Crippen LogP contribution in [0.1, 0.15) is 5.56 Å². The molecule has 106 valence electrons. The molecular formula is C16H12F2N2S. The molecule has 3 rings (SSSR count). The van der Waals surface area contributed by atoms with Crippen molar-refractivity contribution in [2.45, 2.75) is 6.54 Å². The van der Waals surface area contributed by atoms with Crippen molar-refractivity contribution in [3.8, 4) is 11.3 Å². The molecule has 21 heavy (non-hydrogen) atoms. The van der Waals surface area contributed by atoms with E-state index in [9.17, 15) is 8.78 Å². The number of hydrogen-bond acceptors (Lipinski definition) is 3. The lowest BCUT2D eigenvalue weighted by atomic mass is 10.2. The zero-order valence-corrected chi connectivity index (χ0v) is 11.8. The number of hydrogen-bond donors (Lipinski definition) is 1. The average Bonchev–Trinajstić information content (AvgIpc) is 2.96. The Hall–Kier alpha value is -2.27. The van der Waals surface area contributed by atoms with Gasteiger partial charge in [-0.1, -0.05) is 24.3 Å². The van der Waals surface area contributed by atoms with Crippen LogP contribution in [0.2, 0.25) is 0 Å². The van der Waals surface area contributed by atoms with Crippen molar-refractivity contribution in [1.82, 2.24) is 4.98 Å². The molecule has 2 aromatic carbocycles. The van der Waals surface area contributed by atoms with E-state index in [-0.39, 0.29) is 11.6 Å². The molecule has 0 bridgehead atoms. The van der Waals surface area contributed by atoms with Gasteiger partial charge in [0.25, 0.3) is 0 Å². The zero-order chi connectivity index (χ0) is 14.7. The fourth-order valence-electron chi connectivity index (χ4n) is 1.93. The fourth-order valence-corrected chi connectivity index (χ4v) is 2.64. The summed E-state index contributed by atoms with van der Waals surface area (Å²) in [5.74, 6) is -0.539. The van der Waals surface area contributed by atoms with Crippen molar-refractivity contribution in [2.75, 3.05) is 5.32 Å². The van der Waals surface area contributed by atoms with Gasteiger partial charge in [-0.15, -0.1) is 11.3 Å². The predicted molar refractivity (Wildman–Crippen MR) is 81.2 cm³/mol. The first-order chi connectivity index (χ1) is 10.2. The van der Waals surface area contributed by atoms with E-state index >= 15 is 0 Å². The molecule has 0 spiro atoms. The van der Waals surface area contributed by atoms with Crippen molar-refractivity contribution >= 4 is 16.5 Å². The molecule has 3 aromatic rings. The van der Waals surface area contributed by atoms with E-state index in [0.29, 0.717) is 22.9 Å². The Morgan fingerprint density at radius 1 is 1.00 bits per heavy atom. The monoisotopic (exact) mass is 302 g/mol. The number of nitrogens with one attached hydrogen (secondary N) is 1. The lowest BCUT2D eigenvalue weighted by Gasteiger charge is -2.02. The second-order valence-corrected chi connectivity index (χ2v) is 5.36. The van der Waals surface area contributed by atoms with Crippen LogP contribution in [0.5, 0.6) is 0 Å². The van der Waals surface area contributed by atoms with Gasteiger partial charge in [0.15, 0.2) is 5.13 Å². The Balaban J connectivity index is 1.71. The summed E-state index contributed by atoms with van der Waals surface area (Å²) in [6, 6.07) is 12.8. The standard InChI is InChI=1S/C16H12F2N2S/c17-12-7-5-11(6-8-12)9-19-16-20-15(10-21-16)13-3-1-2-4-14(13)18/h1-8,10H,9H2,(H,19,20). The van der Waals surface area contributed by atoms with E-state index < -0.39 is 0 Å². The number of rotatable bonds is 4. The van der Waals surface area contributed by atoms with Crippen molar-refractivity contribution in [1.29, 1.82) is 0 Å². The van der Waals surface area contributed by atoms with Crippen molar-refractivity contribution < 1.29 is 8.78 Å². The molecule has 1 aromatic heterocycles. The fraction of sp³-hybridized carbons (Fsp3) is 0.0625. The molecule has 2 nitrogen and oxygen atoms in total. The molecule has 0 aliphatic carbocycles. The molecule has 0 unspecified atom stereocenters. The van der Waals surface area contributed by atoms with Crippen LogP contribution in [-0.4, -0.2) is 4.98 Å². The normalized spacial score (nSPS) is 10.6. The van der Waals surface area contributed by atoms with Gasteiger partial charge in [0.1, 0.15) is 11.6 Å². The minimum Gasteiger partial charge on any atom is -0.357 e. The summed E-state index contributed by atoms with van der Waals surface area (Å²) >= 11 is 1.41. The number of thiazole rings is 1.